The van der Waals surface area contributed by atoms with Crippen LogP contribution in [0.15, 0.2) is 18.2 Å². The summed E-state index contributed by atoms with van der Waals surface area (Å²) in [5, 5.41) is 13.7. The Labute approximate surface area is 115 Å². The van der Waals surface area contributed by atoms with E-state index in [-0.39, 0.29) is 0 Å². The molecule has 2 saturated carbocycles. The second-order valence-corrected chi connectivity index (χ2v) is 6.78. The molecule has 2 heteroatoms. The molecule has 3 aliphatic carbocycles. The van der Waals surface area contributed by atoms with E-state index >= 15 is 0 Å². The normalized spacial score (nSPS) is 35.8. The van der Waals surface area contributed by atoms with E-state index in [9.17, 15) is 5.11 Å². The van der Waals surface area contributed by atoms with Gasteiger partial charge in [0.1, 0.15) is 5.75 Å². The molecule has 2 bridgehead atoms. The molecule has 4 atom stereocenters. The molecule has 0 amide bonds. The van der Waals surface area contributed by atoms with Gasteiger partial charge in [0, 0.05) is 6.04 Å². The molecular weight excluding hydrogens is 234 g/mol. The third kappa shape index (κ3) is 1.97. The summed E-state index contributed by atoms with van der Waals surface area (Å²) in [6.45, 7) is 1.18. The van der Waals surface area contributed by atoms with Gasteiger partial charge in [0.15, 0.2) is 0 Å². The molecule has 0 aromatic heterocycles. The number of phenols is 1. The standard InChI is InChI=1S/C17H23NO/c19-17-3-1-2-14-15(17)6-7-16(14)18-10-13-9-11-4-5-12(13)8-11/h1-3,11-13,16,18-19H,4-10H2. The molecule has 2 N–H and O–H groups in total. The molecule has 1 aromatic carbocycles. The number of aromatic hydroxyl groups is 1. The van der Waals surface area contributed by atoms with Gasteiger partial charge in [0.25, 0.3) is 0 Å². The maximum Gasteiger partial charge on any atom is 0.119 e. The highest BCUT2D eigenvalue weighted by Crippen LogP contribution is 2.48. The first-order chi connectivity index (χ1) is 9.31. The number of rotatable bonds is 3. The lowest BCUT2D eigenvalue weighted by molar-refractivity contribution is 0.306. The summed E-state index contributed by atoms with van der Waals surface area (Å²) in [5.41, 5.74) is 2.51. The summed E-state index contributed by atoms with van der Waals surface area (Å²) in [6, 6.07) is 6.45. The molecule has 3 aliphatic rings. The minimum absolute atomic E-state index is 0.473. The van der Waals surface area contributed by atoms with E-state index in [4.69, 9.17) is 0 Å². The summed E-state index contributed by atoms with van der Waals surface area (Å²) in [5.74, 6) is 3.45. The van der Waals surface area contributed by atoms with Crippen LogP contribution in [0, 0.1) is 17.8 Å². The zero-order valence-corrected chi connectivity index (χ0v) is 11.4. The zero-order chi connectivity index (χ0) is 12.8. The first-order valence-electron chi connectivity index (χ1n) is 7.85. The van der Waals surface area contributed by atoms with Gasteiger partial charge < -0.3 is 10.4 Å². The van der Waals surface area contributed by atoms with Crippen LogP contribution in [0.3, 0.4) is 0 Å². The van der Waals surface area contributed by atoms with Crippen molar-refractivity contribution in [2.75, 3.05) is 6.54 Å². The lowest BCUT2D eigenvalue weighted by Crippen LogP contribution is -2.29. The number of nitrogens with one attached hydrogen (secondary N) is 1. The molecule has 0 saturated heterocycles. The Morgan fingerprint density at radius 3 is 2.89 bits per heavy atom. The second kappa shape index (κ2) is 4.52. The van der Waals surface area contributed by atoms with Crippen LogP contribution in [0.25, 0.3) is 0 Å². The van der Waals surface area contributed by atoms with Gasteiger partial charge in [0.2, 0.25) is 0 Å². The number of fused-ring (bicyclic) bond motifs is 3. The zero-order valence-electron chi connectivity index (χ0n) is 11.4. The van der Waals surface area contributed by atoms with E-state index in [1.165, 1.54) is 43.4 Å². The van der Waals surface area contributed by atoms with Crippen molar-refractivity contribution in [2.24, 2.45) is 17.8 Å². The Hall–Kier alpha value is -1.02. The Balaban J connectivity index is 1.42. The summed E-state index contributed by atoms with van der Waals surface area (Å²) >= 11 is 0. The van der Waals surface area contributed by atoms with Gasteiger partial charge in [-0.25, -0.2) is 0 Å². The third-order valence-electron chi connectivity index (χ3n) is 5.76. The summed E-state index contributed by atoms with van der Waals surface area (Å²) in [4.78, 5) is 0. The molecular formula is C17H23NO. The Morgan fingerprint density at radius 1 is 1.16 bits per heavy atom. The minimum Gasteiger partial charge on any atom is -0.508 e. The van der Waals surface area contributed by atoms with Crippen molar-refractivity contribution >= 4 is 0 Å². The maximum atomic E-state index is 9.89. The first-order valence-corrected chi connectivity index (χ1v) is 7.85. The second-order valence-electron chi connectivity index (χ2n) is 6.78. The minimum atomic E-state index is 0.473. The van der Waals surface area contributed by atoms with Crippen molar-refractivity contribution in [3.63, 3.8) is 0 Å². The van der Waals surface area contributed by atoms with Crippen molar-refractivity contribution in [1.82, 2.24) is 5.32 Å². The molecule has 19 heavy (non-hydrogen) atoms. The van der Waals surface area contributed by atoms with Gasteiger partial charge in [-0.2, -0.15) is 0 Å². The SMILES string of the molecule is Oc1cccc2c1CCC2NCC1CC2CCC1C2. The molecule has 2 fully saturated rings. The van der Waals surface area contributed by atoms with Crippen LogP contribution >= 0.6 is 0 Å². The van der Waals surface area contributed by atoms with E-state index in [2.05, 4.69) is 11.4 Å². The van der Waals surface area contributed by atoms with Crippen LogP contribution in [-0.2, 0) is 6.42 Å². The predicted octanol–water partition coefficient (Wildman–Crippen LogP) is 3.41. The van der Waals surface area contributed by atoms with Crippen LogP contribution in [0.5, 0.6) is 5.75 Å². The smallest absolute Gasteiger partial charge is 0.119 e. The number of benzene rings is 1. The van der Waals surface area contributed by atoms with E-state index in [0.29, 0.717) is 11.8 Å². The fourth-order valence-corrected chi connectivity index (χ4v) is 4.77. The van der Waals surface area contributed by atoms with Crippen molar-refractivity contribution in [3.8, 4) is 5.75 Å². The topological polar surface area (TPSA) is 32.3 Å². The van der Waals surface area contributed by atoms with E-state index in [0.717, 1.165) is 30.6 Å². The van der Waals surface area contributed by atoms with Crippen LogP contribution in [-0.4, -0.2) is 11.7 Å². The van der Waals surface area contributed by atoms with Crippen LogP contribution < -0.4 is 5.32 Å². The van der Waals surface area contributed by atoms with Gasteiger partial charge in [-0.05, 0) is 73.6 Å². The average Bonchev–Trinajstić information content (AvgIpc) is 3.11. The lowest BCUT2D eigenvalue weighted by atomic mass is 9.88. The van der Waals surface area contributed by atoms with Crippen LogP contribution in [0.2, 0.25) is 0 Å². The quantitative estimate of drug-likeness (QED) is 0.869. The predicted molar refractivity (Wildman–Crippen MR) is 76.1 cm³/mol. The molecule has 4 unspecified atom stereocenters. The van der Waals surface area contributed by atoms with E-state index in [1.807, 2.05) is 12.1 Å². The monoisotopic (exact) mass is 257 g/mol. The van der Waals surface area contributed by atoms with Crippen LogP contribution in [0.4, 0.5) is 0 Å². The van der Waals surface area contributed by atoms with Crippen molar-refractivity contribution in [2.45, 2.75) is 44.6 Å². The third-order valence-corrected chi connectivity index (χ3v) is 5.76. The largest absolute Gasteiger partial charge is 0.508 e. The Kier molecular flexibility index (Phi) is 2.80. The highest BCUT2D eigenvalue weighted by Gasteiger charge is 2.39. The molecule has 102 valence electrons. The maximum absolute atomic E-state index is 9.89. The average molecular weight is 257 g/mol. The summed E-state index contributed by atoms with van der Waals surface area (Å²) < 4.78 is 0. The van der Waals surface area contributed by atoms with Gasteiger partial charge in [0.05, 0.1) is 0 Å². The first kappa shape index (κ1) is 11.8. The number of phenolic OH excluding ortho intramolecular Hbond substituents is 1. The number of hydrogen-bond acceptors (Lipinski definition) is 2. The van der Waals surface area contributed by atoms with E-state index < -0.39 is 0 Å². The Bertz CT molecular complexity index is 484. The van der Waals surface area contributed by atoms with Gasteiger partial charge in [-0.15, -0.1) is 0 Å². The lowest BCUT2D eigenvalue weighted by Gasteiger charge is -2.24. The van der Waals surface area contributed by atoms with Gasteiger partial charge >= 0.3 is 0 Å². The fraction of sp³-hybridized carbons (Fsp3) is 0.647. The molecule has 0 heterocycles. The molecule has 0 aliphatic heterocycles. The number of hydrogen-bond donors (Lipinski definition) is 2. The highest BCUT2D eigenvalue weighted by atomic mass is 16.3. The molecule has 0 radical (unpaired) electrons. The van der Waals surface area contributed by atoms with Crippen molar-refractivity contribution in [1.29, 1.82) is 0 Å². The highest BCUT2D eigenvalue weighted by molar-refractivity contribution is 5.44. The van der Waals surface area contributed by atoms with Gasteiger partial charge in [-0.3, -0.25) is 0 Å². The van der Waals surface area contributed by atoms with E-state index in [1.54, 1.807) is 0 Å². The molecule has 4 rings (SSSR count). The Morgan fingerprint density at radius 2 is 2.11 bits per heavy atom. The summed E-state index contributed by atoms with van der Waals surface area (Å²) in [6.07, 6.45) is 8.08. The molecule has 2 nitrogen and oxygen atoms in total. The molecule has 0 spiro atoms. The van der Waals surface area contributed by atoms with Crippen LogP contribution in [0.1, 0.15) is 49.3 Å². The van der Waals surface area contributed by atoms with Crippen molar-refractivity contribution in [3.05, 3.63) is 29.3 Å². The molecule has 1 aromatic rings. The fourth-order valence-electron chi connectivity index (χ4n) is 4.77. The van der Waals surface area contributed by atoms with Gasteiger partial charge in [-0.1, -0.05) is 18.6 Å². The van der Waals surface area contributed by atoms with Crippen molar-refractivity contribution < 1.29 is 5.11 Å². The summed E-state index contributed by atoms with van der Waals surface area (Å²) in [7, 11) is 0.